The fourth-order valence-electron chi connectivity index (χ4n) is 5.36. The minimum atomic E-state index is -0.190. The Hall–Kier alpha value is -2.95. The summed E-state index contributed by atoms with van der Waals surface area (Å²) in [5.41, 5.74) is 2.91. The molecule has 2 nitrogen and oxygen atoms in total. The van der Waals surface area contributed by atoms with Gasteiger partial charge in [-0.3, -0.25) is 0 Å². The number of ether oxygens (including phenoxy) is 1. The van der Waals surface area contributed by atoms with Crippen LogP contribution in [-0.4, -0.2) is 12.1 Å². The molecule has 0 radical (unpaired) electrons. The highest BCUT2D eigenvalue weighted by molar-refractivity contribution is 8.05. The molecule has 1 aliphatic carbocycles. The Morgan fingerprint density at radius 3 is 1.69 bits per heavy atom. The molecule has 1 saturated carbocycles. The molecule has 4 aromatic carbocycles. The molecule has 2 aliphatic rings. The van der Waals surface area contributed by atoms with Crippen LogP contribution in [-0.2, 0) is 4.74 Å². The Morgan fingerprint density at radius 1 is 0.692 bits per heavy atom. The second kappa shape index (κ2) is 12.9. The second-order valence-corrected chi connectivity index (χ2v) is 13.0. The van der Waals surface area contributed by atoms with E-state index < -0.39 is 0 Å². The number of hydrogen-bond acceptors (Lipinski definition) is 4. The molecule has 0 spiro atoms. The van der Waals surface area contributed by atoms with Crippen LogP contribution < -0.4 is 0 Å². The van der Waals surface area contributed by atoms with Crippen molar-refractivity contribution in [1.29, 1.82) is 0 Å². The molecule has 4 heteroatoms. The summed E-state index contributed by atoms with van der Waals surface area (Å²) in [5, 5.41) is 0. The smallest absolute Gasteiger partial charge is 0.338 e. The molecule has 0 amide bonds. The lowest BCUT2D eigenvalue weighted by atomic mass is 9.75. The molecule has 6 rings (SSSR count). The maximum absolute atomic E-state index is 12.6. The van der Waals surface area contributed by atoms with Crippen LogP contribution in [0.4, 0.5) is 0 Å². The molecular formula is C35H36O2S2. The summed E-state index contributed by atoms with van der Waals surface area (Å²) < 4.78 is 5.93. The van der Waals surface area contributed by atoms with Crippen molar-refractivity contribution in [2.24, 2.45) is 17.8 Å². The van der Waals surface area contributed by atoms with Gasteiger partial charge in [-0.2, -0.15) is 0 Å². The van der Waals surface area contributed by atoms with Gasteiger partial charge in [0, 0.05) is 19.6 Å². The molecule has 0 N–H and O–H groups in total. The van der Waals surface area contributed by atoms with Crippen LogP contribution in [0.15, 0.2) is 123 Å². The van der Waals surface area contributed by atoms with Gasteiger partial charge < -0.3 is 4.74 Å². The molecule has 1 heterocycles. The quantitative estimate of drug-likeness (QED) is 0.207. The molecule has 0 aromatic heterocycles. The number of benzene rings is 4. The number of rotatable bonds is 4. The summed E-state index contributed by atoms with van der Waals surface area (Å²) >= 11 is 3.72. The normalized spacial score (nSPS) is 19.7. The van der Waals surface area contributed by atoms with Crippen molar-refractivity contribution in [3.63, 3.8) is 0 Å². The molecule has 39 heavy (non-hydrogen) atoms. The summed E-state index contributed by atoms with van der Waals surface area (Å²) in [6.45, 7) is 6.72. The fourth-order valence-corrected chi connectivity index (χ4v) is 7.59. The third-order valence-electron chi connectivity index (χ3n) is 7.59. The van der Waals surface area contributed by atoms with E-state index in [0.29, 0.717) is 23.3 Å². The average molecular weight is 553 g/mol. The lowest BCUT2D eigenvalue weighted by Gasteiger charge is -2.36. The first-order valence-corrected chi connectivity index (χ1v) is 15.5. The Kier molecular flexibility index (Phi) is 9.16. The number of esters is 1. The van der Waals surface area contributed by atoms with E-state index in [0.717, 1.165) is 24.0 Å². The summed E-state index contributed by atoms with van der Waals surface area (Å²) in [7, 11) is 0. The maximum Gasteiger partial charge on any atom is 0.338 e. The minimum Gasteiger partial charge on any atom is -0.458 e. The van der Waals surface area contributed by atoms with Crippen LogP contribution in [0.5, 0.6) is 0 Å². The van der Waals surface area contributed by atoms with Gasteiger partial charge in [-0.25, -0.2) is 4.79 Å². The van der Waals surface area contributed by atoms with E-state index in [4.69, 9.17) is 4.74 Å². The molecule has 0 bridgehead atoms. The monoisotopic (exact) mass is 552 g/mol. The van der Waals surface area contributed by atoms with Crippen molar-refractivity contribution in [3.05, 3.63) is 109 Å². The number of carbonyl (C=O) groups is 1. The van der Waals surface area contributed by atoms with Gasteiger partial charge in [-0.1, -0.05) is 117 Å². The zero-order chi connectivity index (χ0) is 27.2. The van der Waals surface area contributed by atoms with Crippen LogP contribution in [0, 0.1) is 17.8 Å². The number of hydrogen-bond donors (Lipinski definition) is 0. The summed E-state index contributed by atoms with van der Waals surface area (Å²) in [5.74, 6) is 1.46. The predicted molar refractivity (Wildman–Crippen MR) is 164 cm³/mol. The van der Waals surface area contributed by atoms with E-state index in [1.165, 1.54) is 26.0 Å². The lowest BCUT2D eigenvalue weighted by molar-refractivity contribution is -0.0174. The standard InChI is InChI=1S/C23H28O2.C12H8S2/c1-16(2)21-14-9-17(3)15-22(21)25-23(24)20-12-10-19(11-13-20)18-7-5-4-6-8-18;1-2-6-10-9(5-1)13-11-7-3-4-8-12(11)14-10/h4-8,10-13,16-17,21-22H,9,14-15H2,1-3H3;1-8H/t17-,21+,22-;/m1./s1. The van der Waals surface area contributed by atoms with Crippen LogP contribution in [0.3, 0.4) is 0 Å². The van der Waals surface area contributed by atoms with E-state index in [9.17, 15) is 4.79 Å². The molecule has 0 saturated heterocycles. The summed E-state index contributed by atoms with van der Waals surface area (Å²) in [4.78, 5) is 18.1. The highest BCUT2D eigenvalue weighted by Crippen LogP contribution is 2.47. The first-order valence-electron chi connectivity index (χ1n) is 13.9. The molecule has 0 unspecified atom stereocenters. The molecule has 3 atom stereocenters. The number of fused-ring (bicyclic) bond motifs is 2. The zero-order valence-corrected chi connectivity index (χ0v) is 24.5. The first kappa shape index (κ1) is 27.6. The Morgan fingerprint density at radius 2 is 1.18 bits per heavy atom. The van der Waals surface area contributed by atoms with Crippen molar-refractivity contribution in [3.8, 4) is 11.1 Å². The van der Waals surface area contributed by atoms with Gasteiger partial charge in [0.15, 0.2) is 0 Å². The van der Waals surface area contributed by atoms with Crippen LogP contribution in [0.1, 0.15) is 50.4 Å². The van der Waals surface area contributed by atoms with E-state index in [1.807, 2.05) is 66.0 Å². The van der Waals surface area contributed by atoms with E-state index in [-0.39, 0.29) is 12.1 Å². The Balaban J connectivity index is 0.000000184. The molecular weight excluding hydrogens is 517 g/mol. The van der Waals surface area contributed by atoms with Gasteiger partial charge in [-0.15, -0.1) is 0 Å². The SMILES string of the molecule is CC(C)[C@@H]1CC[C@@H](C)C[C@H]1OC(=O)c1ccc(-c2ccccc2)cc1.c1ccc2c(c1)Sc1ccccc1S2. The van der Waals surface area contributed by atoms with Crippen LogP contribution in [0.25, 0.3) is 11.1 Å². The van der Waals surface area contributed by atoms with Gasteiger partial charge in [-0.05, 0) is 78.1 Å². The van der Waals surface area contributed by atoms with Crippen molar-refractivity contribution in [1.82, 2.24) is 0 Å². The zero-order valence-electron chi connectivity index (χ0n) is 22.9. The topological polar surface area (TPSA) is 26.3 Å². The fraction of sp³-hybridized carbons (Fsp3) is 0.286. The van der Waals surface area contributed by atoms with Crippen LogP contribution in [0.2, 0.25) is 0 Å². The predicted octanol–water partition coefficient (Wildman–Crippen LogP) is 10.3. The van der Waals surface area contributed by atoms with Gasteiger partial charge in [0.2, 0.25) is 0 Å². The highest BCUT2D eigenvalue weighted by Gasteiger charge is 2.33. The van der Waals surface area contributed by atoms with E-state index in [1.54, 1.807) is 0 Å². The molecule has 4 aromatic rings. The third-order valence-corrected chi connectivity index (χ3v) is 10.1. The minimum absolute atomic E-state index is 0.0463. The molecule has 200 valence electrons. The first-order chi connectivity index (χ1) is 19.0. The van der Waals surface area contributed by atoms with Crippen LogP contribution >= 0.6 is 23.5 Å². The maximum atomic E-state index is 12.6. The third kappa shape index (κ3) is 6.98. The summed E-state index contributed by atoms with van der Waals surface area (Å²) in [6.07, 6.45) is 3.42. The Labute approximate surface area is 241 Å². The average Bonchev–Trinajstić information content (AvgIpc) is 2.97. The second-order valence-electron chi connectivity index (χ2n) is 10.8. The van der Waals surface area contributed by atoms with Crippen molar-refractivity contribution in [2.75, 3.05) is 0 Å². The van der Waals surface area contributed by atoms with Gasteiger partial charge in [0.1, 0.15) is 6.10 Å². The van der Waals surface area contributed by atoms with Crippen molar-refractivity contribution < 1.29 is 9.53 Å². The van der Waals surface area contributed by atoms with Gasteiger partial charge in [0.05, 0.1) is 5.56 Å². The lowest BCUT2D eigenvalue weighted by Crippen LogP contribution is -2.35. The van der Waals surface area contributed by atoms with Gasteiger partial charge >= 0.3 is 5.97 Å². The Bertz CT molecular complexity index is 1290. The van der Waals surface area contributed by atoms with Gasteiger partial charge in [0.25, 0.3) is 0 Å². The van der Waals surface area contributed by atoms with Crippen molar-refractivity contribution >= 4 is 29.5 Å². The number of carbonyl (C=O) groups excluding carboxylic acids is 1. The molecule has 1 aliphatic heterocycles. The largest absolute Gasteiger partial charge is 0.458 e. The van der Waals surface area contributed by atoms with E-state index in [2.05, 4.69) is 81.4 Å². The van der Waals surface area contributed by atoms with E-state index >= 15 is 0 Å². The van der Waals surface area contributed by atoms with Crippen molar-refractivity contribution in [2.45, 2.75) is 65.7 Å². The molecule has 1 fully saturated rings. The summed E-state index contributed by atoms with van der Waals surface area (Å²) in [6, 6.07) is 35.1. The highest BCUT2D eigenvalue weighted by atomic mass is 32.2.